The zero-order valence-corrected chi connectivity index (χ0v) is 13.6. The molecule has 0 aliphatic carbocycles. The SMILES string of the molecule is O=C1CC(S(=O)(=O)Cl)CN1c1c(Br)cncc1Br. The van der Waals surface area contributed by atoms with Crippen molar-refractivity contribution in [3.05, 3.63) is 21.3 Å². The fourth-order valence-electron chi connectivity index (χ4n) is 1.74. The summed E-state index contributed by atoms with van der Waals surface area (Å²) in [7, 11) is 1.56. The Morgan fingerprint density at radius 2 is 1.89 bits per heavy atom. The maximum Gasteiger partial charge on any atom is 0.237 e. The first-order chi connectivity index (χ1) is 8.30. The van der Waals surface area contributed by atoms with E-state index in [1.807, 2.05) is 0 Å². The van der Waals surface area contributed by atoms with Gasteiger partial charge in [0.05, 0.1) is 14.6 Å². The standard InChI is InChI=1S/C9H7Br2ClN2O3S/c10-6-2-13-3-7(11)9(6)14-4-5(1-8(14)15)18(12,16)17/h2-3,5H,1,4H2. The third-order valence-electron chi connectivity index (χ3n) is 2.59. The molecular weight excluding hydrogens is 411 g/mol. The zero-order valence-electron chi connectivity index (χ0n) is 8.81. The molecule has 0 bridgehead atoms. The Labute approximate surface area is 125 Å². The van der Waals surface area contributed by atoms with Gasteiger partial charge in [0.1, 0.15) is 5.25 Å². The highest BCUT2D eigenvalue weighted by Gasteiger charge is 2.39. The topological polar surface area (TPSA) is 67.3 Å². The zero-order chi connectivity index (χ0) is 13.5. The van der Waals surface area contributed by atoms with Crippen LogP contribution in [0.3, 0.4) is 0 Å². The van der Waals surface area contributed by atoms with E-state index in [2.05, 4.69) is 36.8 Å². The summed E-state index contributed by atoms with van der Waals surface area (Å²) in [5.74, 6) is -0.281. The van der Waals surface area contributed by atoms with Crippen LogP contribution in [-0.2, 0) is 13.8 Å². The molecule has 1 saturated heterocycles. The van der Waals surface area contributed by atoms with E-state index in [1.165, 1.54) is 17.3 Å². The van der Waals surface area contributed by atoms with E-state index in [4.69, 9.17) is 10.7 Å². The van der Waals surface area contributed by atoms with E-state index >= 15 is 0 Å². The molecule has 0 N–H and O–H groups in total. The first-order valence-electron chi connectivity index (χ1n) is 4.83. The monoisotopic (exact) mass is 416 g/mol. The van der Waals surface area contributed by atoms with Crippen LogP contribution in [0.2, 0.25) is 0 Å². The van der Waals surface area contributed by atoms with Gasteiger partial charge in [0.25, 0.3) is 0 Å². The average Bonchev–Trinajstić information content (AvgIpc) is 2.60. The maximum atomic E-state index is 11.9. The van der Waals surface area contributed by atoms with Gasteiger partial charge >= 0.3 is 0 Å². The summed E-state index contributed by atoms with van der Waals surface area (Å²) in [6.07, 6.45) is 2.97. The molecule has 1 aromatic heterocycles. The summed E-state index contributed by atoms with van der Waals surface area (Å²) in [6, 6.07) is 0. The number of aromatic nitrogens is 1. The highest BCUT2D eigenvalue weighted by Crippen LogP contribution is 2.36. The molecule has 0 aromatic carbocycles. The second-order valence-corrected chi connectivity index (χ2v) is 8.37. The summed E-state index contributed by atoms with van der Waals surface area (Å²) in [6.45, 7) is 0.0475. The Bertz CT molecular complexity index is 588. The summed E-state index contributed by atoms with van der Waals surface area (Å²) in [5, 5.41) is -0.876. The fourth-order valence-corrected chi connectivity index (χ4v) is 4.13. The number of nitrogens with zero attached hydrogens (tertiary/aromatic N) is 2. The van der Waals surface area contributed by atoms with Crippen LogP contribution in [-0.4, -0.2) is 31.1 Å². The lowest BCUT2D eigenvalue weighted by Gasteiger charge is -2.19. The highest BCUT2D eigenvalue weighted by atomic mass is 79.9. The van der Waals surface area contributed by atoms with E-state index in [1.54, 1.807) is 0 Å². The van der Waals surface area contributed by atoms with E-state index in [0.29, 0.717) is 14.6 Å². The number of carbonyl (C=O) groups is 1. The molecule has 5 nitrogen and oxygen atoms in total. The molecule has 1 amide bonds. The van der Waals surface area contributed by atoms with Crippen LogP contribution in [0.25, 0.3) is 0 Å². The number of hydrogen-bond donors (Lipinski definition) is 0. The number of halogens is 3. The molecule has 1 aromatic rings. The molecule has 0 spiro atoms. The minimum atomic E-state index is -3.74. The normalized spacial score (nSPS) is 20.5. The van der Waals surface area contributed by atoms with E-state index in [9.17, 15) is 13.2 Å². The van der Waals surface area contributed by atoms with Crippen molar-refractivity contribution in [3.63, 3.8) is 0 Å². The quantitative estimate of drug-likeness (QED) is 0.691. The molecule has 98 valence electrons. The van der Waals surface area contributed by atoms with Gasteiger partial charge in [-0.1, -0.05) is 0 Å². The van der Waals surface area contributed by atoms with Crippen molar-refractivity contribution in [2.75, 3.05) is 11.4 Å². The van der Waals surface area contributed by atoms with Gasteiger partial charge in [0, 0.05) is 36.0 Å². The highest BCUT2D eigenvalue weighted by molar-refractivity contribution is 9.11. The second kappa shape index (κ2) is 5.07. The first kappa shape index (κ1) is 14.2. The Balaban J connectivity index is 2.39. The van der Waals surface area contributed by atoms with Crippen LogP contribution < -0.4 is 4.90 Å². The second-order valence-electron chi connectivity index (χ2n) is 3.76. The summed E-state index contributed by atoms with van der Waals surface area (Å²) >= 11 is 6.57. The molecule has 0 radical (unpaired) electrons. The van der Waals surface area contributed by atoms with Crippen molar-refractivity contribution < 1.29 is 13.2 Å². The molecule has 18 heavy (non-hydrogen) atoms. The van der Waals surface area contributed by atoms with Gasteiger partial charge < -0.3 is 4.90 Å². The molecule has 2 heterocycles. The minimum absolute atomic E-state index is 0.0475. The van der Waals surface area contributed by atoms with Crippen molar-refractivity contribution in [1.29, 1.82) is 0 Å². The minimum Gasteiger partial charge on any atom is -0.309 e. The smallest absolute Gasteiger partial charge is 0.237 e. The lowest BCUT2D eigenvalue weighted by molar-refractivity contribution is -0.117. The molecule has 9 heteroatoms. The van der Waals surface area contributed by atoms with Crippen molar-refractivity contribution >= 4 is 63.2 Å². The maximum absolute atomic E-state index is 11.9. The van der Waals surface area contributed by atoms with E-state index < -0.39 is 14.3 Å². The molecule has 1 atom stereocenters. The number of anilines is 1. The van der Waals surface area contributed by atoms with E-state index in [0.717, 1.165) is 0 Å². The van der Waals surface area contributed by atoms with Crippen LogP contribution in [0.15, 0.2) is 21.3 Å². The van der Waals surface area contributed by atoms with Gasteiger partial charge in [0.2, 0.25) is 15.0 Å². The van der Waals surface area contributed by atoms with Crippen molar-refractivity contribution in [2.45, 2.75) is 11.7 Å². The van der Waals surface area contributed by atoms with Gasteiger partial charge in [-0.15, -0.1) is 0 Å². The first-order valence-corrected chi connectivity index (χ1v) is 8.79. The Hall–Kier alpha value is -0.180. The van der Waals surface area contributed by atoms with Crippen molar-refractivity contribution in [1.82, 2.24) is 4.98 Å². The molecule has 1 unspecified atom stereocenters. The van der Waals surface area contributed by atoms with Crippen LogP contribution in [0.5, 0.6) is 0 Å². The van der Waals surface area contributed by atoms with Gasteiger partial charge in [-0.05, 0) is 31.9 Å². The van der Waals surface area contributed by atoms with Crippen LogP contribution in [0, 0.1) is 0 Å². The third kappa shape index (κ3) is 2.71. The molecular formula is C9H7Br2ClN2O3S. The fraction of sp³-hybridized carbons (Fsp3) is 0.333. The van der Waals surface area contributed by atoms with Crippen molar-refractivity contribution in [3.8, 4) is 0 Å². The Kier molecular flexibility index (Phi) is 4.01. The Morgan fingerprint density at radius 3 is 2.33 bits per heavy atom. The van der Waals surface area contributed by atoms with Gasteiger partial charge in [-0.3, -0.25) is 9.78 Å². The van der Waals surface area contributed by atoms with Crippen LogP contribution in [0.4, 0.5) is 5.69 Å². The largest absolute Gasteiger partial charge is 0.309 e. The summed E-state index contributed by atoms with van der Waals surface area (Å²) in [4.78, 5) is 17.2. The number of hydrogen-bond acceptors (Lipinski definition) is 4. The number of pyridine rings is 1. The predicted molar refractivity (Wildman–Crippen MR) is 75.2 cm³/mol. The summed E-state index contributed by atoms with van der Waals surface area (Å²) in [5.41, 5.74) is 0.567. The molecule has 1 fully saturated rings. The van der Waals surface area contributed by atoms with E-state index in [-0.39, 0.29) is 18.9 Å². The number of rotatable bonds is 2. The average molecular weight is 418 g/mol. The van der Waals surface area contributed by atoms with Crippen molar-refractivity contribution in [2.24, 2.45) is 0 Å². The van der Waals surface area contributed by atoms with Gasteiger partial charge in [-0.25, -0.2) is 8.42 Å². The third-order valence-corrected chi connectivity index (χ3v) is 5.61. The molecule has 1 aliphatic heterocycles. The predicted octanol–water partition coefficient (Wildman–Crippen LogP) is 2.28. The van der Waals surface area contributed by atoms with Gasteiger partial charge in [-0.2, -0.15) is 0 Å². The lowest BCUT2D eigenvalue weighted by Crippen LogP contribution is -2.27. The van der Waals surface area contributed by atoms with Gasteiger partial charge in [0.15, 0.2) is 0 Å². The van der Waals surface area contributed by atoms with Crippen LogP contribution in [0.1, 0.15) is 6.42 Å². The lowest BCUT2D eigenvalue weighted by atomic mass is 10.3. The number of carbonyl (C=O) groups excluding carboxylic acids is 1. The molecule has 1 aliphatic rings. The molecule has 0 saturated carbocycles. The molecule has 2 rings (SSSR count). The number of amides is 1. The summed E-state index contributed by atoms with van der Waals surface area (Å²) < 4.78 is 23.8. The Morgan fingerprint density at radius 1 is 1.33 bits per heavy atom. The van der Waals surface area contributed by atoms with Crippen LogP contribution >= 0.6 is 42.5 Å².